The monoisotopic (exact) mass is 269 g/mol. The van der Waals surface area contributed by atoms with Crippen LogP contribution in [0.4, 0.5) is 11.5 Å². The molecule has 0 bridgehead atoms. The molecule has 1 aliphatic rings. The number of nitrogens with one attached hydrogen (secondary N) is 1. The van der Waals surface area contributed by atoms with Crippen LogP contribution in [0.5, 0.6) is 0 Å². The first-order valence-electron chi connectivity index (χ1n) is 6.96. The van der Waals surface area contributed by atoms with Gasteiger partial charge in [-0.25, -0.2) is 4.98 Å². The lowest BCUT2D eigenvalue weighted by atomic mass is 9.96. The van der Waals surface area contributed by atoms with Crippen LogP contribution in [0.2, 0.25) is 0 Å². The topological polar surface area (TPSA) is 37.8 Å². The van der Waals surface area contributed by atoms with Crippen molar-refractivity contribution in [2.24, 2.45) is 0 Å². The van der Waals surface area contributed by atoms with Crippen molar-refractivity contribution < 1.29 is 0 Å². The molecule has 3 heterocycles. The van der Waals surface area contributed by atoms with Crippen LogP contribution >= 0.6 is 0 Å². The molecule has 1 N–H and O–H groups in total. The Kier molecular flexibility index (Phi) is 1.95. The highest BCUT2D eigenvalue weighted by Gasteiger charge is 2.20. The lowest BCUT2D eigenvalue weighted by Gasteiger charge is -2.21. The van der Waals surface area contributed by atoms with E-state index in [-0.39, 0.29) is 0 Å². The summed E-state index contributed by atoms with van der Waals surface area (Å²) >= 11 is 0. The average molecular weight is 269 g/mol. The first-order chi connectivity index (χ1) is 10.4. The van der Waals surface area contributed by atoms with Crippen LogP contribution in [0.15, 0.2) is 60.8 Å². The Bertz CT molecular complexity index is 1020. The van der Waals surface area contributed by atoms with Gasteiger partial charge in [-0.3, -0.25) is 4.98 Å². The molecule has 0 amide bonds. The van der Waals surface area contributed by atoms with Crippen molar-refractivity contribution >= 4 is 33.3 Å². The van der Waals surface area contributed by atoms with Crippen molar-refractivity contribution in [1.82, 2.24) is 9.97 Å². The molecule has 0 saturated heterocycles. The zero-order chi connectivity index (χ0) is 13.8. The Balaban J connectivity index is 2.04. The van der Waals surface area contributed by atoms with E-state index in [0.717, 1.165) is 33.3 Å². The number of rotatable bonds is 0. The maximum atomic E-state index is 4.78. The van der Waals surface area contributed by atoms with Gasteiger partial charge in [-0.2, -0.15) is 0 Å². The first-order valence-corrected chi connectivity index (χ1v) is 6.96. The minimum absolute atomic E-state index is 0.894. The second-order valence-electron chi connectivity index (χ2n) is 5.23. The fourth-order valence-corrected chi connectivity index (χ4v) is 3.12. The van der Waals surface area contributed by atoms with Crippen molar-refractivity contribution in [3.05, 3.63) is 60.8 Å². The smallest absolute Gasteiger partial charge is 0.141 e. The van der Waals surface area contributed by atoms with Gasteiger partial charge in [0.15, 0.2) is 0 Å². The summed E-state index contributed by atoms with van der Waals surface area (Å²) in [5.74, 6) is 0.894. The summed E-state index contributed by atoms with van der Waals surface area (Å²) in [7, 11) is 0. The number of benzene rings is 2. The summed E-state index contributed by atoms with van der Waals surface area (Å²) in [5, 5.41) is 5.65. The molecule has 4 aromatic rings. The van der Waals surface area contributed by atoms with Crippen molar-refractivity contribution in [2.45, 2.75) is 0 Å². The van der Waals surface area contributed by atoms with Gasteiger partial charge in [0.2, 0.25) is 0 Å². The van der Waals surface area contributed by atoms with Crippen LogP contribution in [-0.4, -0.2) is 9.97 Å². The zero-order valence-electron chi connectivity index (χ0n) is 11.2. The minimum Gasteiger partial charge on any atom is -0.339 e. The highest BCUT2D eigenvalue weighted by atomic mass is 15.0. The number of hydrogen-bond acceptors (Lipinski definition) is 3. The quantitative estimate of drug-likeness (QED) is 0.420. The van der Waals surface area contributed by atoms with E-state index in [9.17, 15) is 0 Å². The highest BCUT2D eigenvalue weighted by molar-refractivity contribution is 6.16. The third kappa shape index (κ3) is 1.37. The molecule has 2 aromatic carbocycles. The molecule has 5 rings (SSSR count). The molecule has 3 nitrogen and oxygen atoms in total. The summed E-state index contributed by atoms with van der Waals surface area (Å²) in [6.45, 7) is 0. The molecule has 0 radical (unpaired) electrons. The fraction of sp³-hybridized carbons (Fsp3) is 0. The predicted molar refractivity (Wildman–Crippen MR) is 85.8 cm³/mol. The van der Waals surface area contributed by atoms with Gasteiger partial charge in [0, 0.05) is 22.8 Å². The molecule has 0 atom stereocenters. The van der Waals surface area contributed by atoms with Crippen LogP contribution < -0.4 is 5.32 Å². The lowest BCUT2D eigenvalue weighted by molar-refractivity contribution is 1.35. The van der Waals surface area contributed by atoms with E-state index < -0.39 is 0 Å². The van der Waals surface area contributed by atoms with Crippen LogP contribution in [0.3, 0.4) is 0 Å². The Morgan fingerprint density at radius 1 is 0.810 bits per heavy atom. The second-order valence-corrected chi connectivity index (χ2v) is 5.23. The van der Waals surface area contributed by atoms with Crippen molar-refractivity contribution in [3.63, 3.8) is 0 Å². The average Bonchev–Trinajstić information content (AvgIpc) is 2.55. The largest absolute Gasteiger partial charge is 0.339 e. The van der Waals surface area contributed by atoms with E-state index in [1.54, 1.807) is 0 Å². The molecule has 0 spiro atoms. The van der Waals surface area contributed by atoms with E-state index in [1.807, 2.05) is 30.5 Å². The Hall–Kier alpha value is -2.94. The van der Waals surface area contributed by atoms with Gasteiger partial charge in [0.05, 0.1) is 16.4 Å². The van der Waals surface area contributed by atoms with Crippen LogP contribution in [0.25, 0.3) is 32.9 Å². The van der Waals surface area contributed by atoms with Crippen LogP contribution in [0.1, 0.15) is 0 Å². The SMILES string of the molecule is c1ccc2c(c1)Nc1nc3ccccc3c3nccc-2c13. The maximum Gasteiger partial charge on any atom is 0.141 e. The molecule has 98 valence electrons. The third-order valence-electron chi connectivity index (χ3n) is 4.05. The van der Waals surface area contributed by atoms with Gasteiger partial charge in [-0.15, -0.1) is 0 Å². The van der Waals surface area contributed by atoms with Crippen molar-refractivity contribution in [3.8, 4) is 11.1 Å². The minimum atomic E-state index is 0.894. The molecule has 0 unspecified atom stereocenters. The maximum absolute atomic E-state index is 4.78. The Morgan fingerprint density at radius 3 is 2.67 bits per heavy atom. The van der Waals surface area contributed by atoms with E-state index in [1.165, 1.54) is 11.1 Å². The number of para-hydroxylation sites is 2. The van der Waals surface area contributed by atoms with Gasteiger partial charge < -0.3 is 5.32 Å². The lowest BCUT2D eigenvalue weighted by Crippen LogP contribution is -2.04. The fourth-order valence-electron chi connectivity index (χ4n) is 3.12. The van der Waals surface area contributed by atoms with Crippen LogP contribution in [-0.2, 0) is 0 Å². The summed E-state index contributed by atoms with van der Waals surface area (Å²) in [6, 6.07) is 18.5. The van der Waals surface area contributed by atoms with Gasteiger partial charge in [0.25, 0.3) is 0 Å². The number of hydrogen-bond donors (Lipinski definition) is 1. The zero-order valence-corrected chi connectivity index (χ0v) is 11.2. The third-order valence-corrected chi connectivity index (χ3v) is 4.05. The molecule has 0 aliphatic carbocycles. The molecule has 0 saturated carbocycles. The molecule has 21 heavy (non-hydrogen) atoms. The van der Waals surface area contributed by atoms with Gasteiger partial charge in [0.1, 0.15) is 5.82 Å². The number of fused-ring (bicyclic) bond motifs is 4. The van der Waals surface area contributed by atoms with Gasteiger partial charge in [-0.05, 0) is 23.8 Å². The van der Waals surface area contributed by atoms with E-state index in [0.29, 0.717) is 0 Å². The molecule has 2 aromatic heterocycles. The molecular formula is C18H11N3. The standard InChI is InChI=1S/C18H11N3/c1-3-7-14-11(5-1)12-9-10-19-17-13-6-2-4-8-15(13)21-18(20-14)16(12)17/h1-10H,(H,20,21). The number of nitrogens with zero attached hydrogens (tertiary/aromatic N) is 2. The predicted octanol–water partition coefficient (Wildman–Crippen LogP) is 4.51. The Morgan fingerprint density at radius 2 is 1.67 bits per heavy atom. The highest BCUT2D eigenvalue weighted by Crippen LogP contribution is 2.43. The van der Waals surface area contributed by atoms with Crippen LogP contribution in [0, 0.1) is 0 Å². The summed E-state index contributed by atoms with van der Waals surface area (Å²) in [5.41, 5.74) is 5.48. The van der Waals surface area contributed by atoms with Crippen molar-refractivity contribution in [2.75, 3.05) is 5.32 Å². The van der Waals surface area contributed by atoms with Gasteiger partial charge >= 0.3 is 0 Å². The normalized spacial score (nSPS) is 12.2. The summed E-state index contributed by atoms with van der Waals surface area (Å²) in [4.78, 5) is 9.39. The second kappa shape index (κ2) is 3.79. The molecule has 0 fully saturated rings. The first kappa shape index (κ1) is 10.8. The number of anilines is 2. The van der Waals surface area contributed by atoms with E-state index in [4.69, 9.17) is 4.98 Å². The Labute approximate surface area is 121 Å². The van der Waals surface area contributed by atoms with E-state index in [2.05, 4.69) is 40.6 Å². The number of pyridine rings is 2. The van der Waals surface area contributed by atoms with Gasteiger partial charge in [-0.1, -0.05) is 36.4 Å². The van der Waals surface area contributed by atoms with E-state index >= 15 is 0 Å². The molecule has 3 heteroatoms. The number of aromatic nitrogens is 2. The molecular weight excluding hydrogens is 258 g/mol. The summed E-state index contributed by atoms with van der Waals surface area (Å²) < 4.78 is 0. The molecule has 1 aliphatic heterocycles. The summed E-state index contributed by atoms with van der Waals surface area (Å²) in [6.07, 6.45) is 1.88. The van der Waals surface area contributed by atoms with Crippen molar-refractivity contribution in [1.29, 1.82) is 0 Å².